The van der Waals surface area contributed by atoms with E-state index in [2.05, 4.69) is 5.32 Å². The van der Waals surface area contributed by atoms with Gasteiger partial charge in [-0.25, -0.2) is 8.42 Å². The van der Waals surface area contributed by atoms with Crippen LogP contribution in [0, 0.1) is 0 Å². The first kappa shape index (κ1) is 22.9. The van der Waals surface area contributed by atoms with Crippen molar-refractivity contribution in [2.45, 2.75) is 37.4 Å². The maximum absolute atomic E-state index is 10.4. The van der Waals surface area contributed by atoms with Gasteiger partial charge in [-0.2, -0.15) is 0 Å². The first-order chi connectivity index (χ1) is 8.58. The summed E-state index contributed by atoms with van der Waals surface area (Å²) in [5, 5.41) is 48.4. The zero-order valence-electron chi connectivity index (χ0n) is 11.4. The third-order valence-corrected chi connectivity index (χ3v) is 3.36. The van der Waals surface area contributed by atoms with Crippen molar-refractivity contribution in [3.05, 3.63) is 0 Å². The Hall–Kier alpha value is 0.670. The summed E-state index contributed by atoms with van der Waals surface area (Å²) < 4.78 is 31.3. The molecule has 0 heterocycles. The van der Waals surface area contributed by atoms with Crippen molar-refractivity contribution in [1.82, 2.24) is 5.32 Å². The smallest absolute Gasteiger partial charge is 0.748 e. The minimum Gasteiger partial charge on any atom is -0.748 e. The molecule has 0 aromatic heterocycles. The Morgan fingerprint density at radius 3 is 1.95 bits per heavy atom. The van der Waals surface area contributed by atoms with Gasteiger partial charge < -0.3 is 35.4 Å². The second-order valence-corrected chi connectivity index (χ2v) is 5.78. The molecule has 11 heteroatoms. The molecule has 0 amide bonds. The minimum atomic E-state index is -4.40. The largest absolute Gasteiger partial charge is 1.00 e. The van der Waals surface area contributed by atoms with Gasteiger partial charge in [0.15, 0.2) is 0 Å². The van der Waals surface area contributed by atoms with Crippen LogP contribution >= 0.6 is 0 Å². The quantitative estimate of drug-likeness (QED) is 0.178. The molecule has 0 aliphatic rings. The van der Waals surface area contributed by atoms with E-state index in [1.807, 2.05) is 0 Å². The molecular weight excluding hydrogens is 305 g/mol. The van der Waals surface area contributed by atoms with Crippen LogP contribution in [0.5, 0.6) is 0 Å². The molecule has 0 aromatic rings. The predicted molar refractivity (Wildman–Crippen MR) is 63.1 cm³/mol. The molecule has 5 atom stereocenters. The predicted octanol–water partition coefficient (Wildman–Crippen LogP) is -7.05. The van der Waals surface area contributed by atoms with E-state index in [0.717, 1.165) is 0 Å². The van der Waals surface area contributed by atoms with Crippen LogP contribution in [0.25, 0.3) is 0 Å². The molecule has 1 unspecified atom stereocenters. The summed E-state index contributed by atoms with van der Waals surface area (Å²) in [7, 11) is -4.40. The van der Waals surface area contributed by atoms with Gasteiger partial charge in [0, 0.05) is 12.6 Å². The molecule has 0 rings (SSSR count). The Labute approximate surface area is 139 Å². The SMILES string of the molecule is CC(CS(=O)(=O)[O-])NC[C@H](O)[C@@H](O)[C@H](O)[C@H](O)CO.[Na+]. The van der Waals surface area contributed by atoms with Crippen LogP contribution in [0.15, 0.2) is 0 Å². The number of hydrogen-bond acceptors (Lipinski definition) is 9. The fraction of sp³-hybridized carbons (Fsp3) is 1.00. The second-order valence-electron chi connectivity index (χ2n) is 4.33. The van der Waals surface area contributed by atoms with E-state index in [0.29, 0.717) is 0 Å². The third-order valence-electron chi connectivity index (χ3n) is 2.45. The summed E-state index contributed by atoms with van der Waals surface area (Å²) in [5.41, 5.74) is 0. The van der Waals surface area contributed by atoms with Gasteiger partial charge in [-0.3, -0.25) is 0 Å². The Balaban J connectivity index is 0. The molecule has 0 saturated heterocycles. The number of aliphatic hydroxyl groups is 5. The van der Waals surface area contributed by atoms with Gasteiger partial charge in [-0.15, -0.1) is 0 Å². The van der Waals surface area contributed by atoms with Gasteiger partial charge in [0.1, 0.15) is 18.3 Å². The molecule has 0 aliphatic heterocycles. The number of rotatable bonds is 9. The van der Waals surface area contributed by atoms with Crippen molar-refractivity contribution in [2.24, 2.45) is 0 Å². The second kappa shape index (κ2) is 10.4. The molecule has 116 valence electrons. The normalized spacial score (nSPS) is 19.6. The van der Waals surface area contributed by atoms with Gasteiger partial charge in [0.2, 0.25) is 0 Å². The number of aliphatic hydroxyl groups excluding tert-OH is 5. The van der Waals surface area contributed by atoms with Crippen LogP contribution in [0.3, 0.4) is 0 Å². The number of hydrogen-bond donors (Lipinski definition) is 6. The Morgan fingerprint density at radius 1 is 1.10 bits per heavy atom. The topological polar surface area (TPSA) is 170 Å². The van der Waals surface area contributed by atoms with Crippen molar-refractivity contribution in [3.63, 3.8) is 0 Å². The van der Waals surface area contributed by atoms with Gasteiger partial charge in [-0.1, -0.05) is 0 Å². The summed E-state index contributed by atoms with van der Waals surface area (Å²) in [4.78, 5) is 0. The molecule has 9 nitrogen and oxygen atoms in total. The average molecular weight is 325 g/mol. The maximum Gasteiger partial charge on any atom is 1.00 e. The number of nitrogens with one attached hydrogen (secondary N) is 1. The molecule has 0 aliphatic carbocycles. The van der Waals surface area contributed by atoms with Gasteiger partial charge in [-0.05, 0) is 6.92 Å². The summed E-state index contributed by atoms with van der Waals surface area (Å²) in [6.45, 7) is 0.309. The van der Waals surface area contributed by atoms with Crippen LogP contribution in [0.2, 0.25) is 0 Å². The van der Waals surface area contributed by atoms with Crippen molar-refractivity contribution >= 4 is 10.1 Å². The molecule has 0 saturated carbocycles. The summed E-state index contributed by atoms with van der Waals surface area (Å²) >= 11 is 0. The standard InChI is InChI=1S/C9H21NO8S.Na/c1-5(4-19(16,17)18)10-2-6(12)8(14)9(15)7(13)3-11;/h5-15H,2-4H2,1H3,(H,16,17,18);/q;+1/p-1/t5?,6-,7+,8+,9+;/m0./s1. The maximum atomic E-state index is 10.4. The van der Waals surface area contributed by atoms with E-state index in [-0.39, 0.29) is 36.1 Å². The first-order valence-corrected chi connectivity index (χ1v) is 7.16. The molecular formula is C9H20NNaO8S. The van der Waals surface area contributed by atoms with Crippen molar-refractivity contribution in [2.75, 3.05) is 18.9 Å². The van der Waals surface area contributed by atoms with E-state index in [1.165, 1.54) is 6.92 Å². The molecule has 6 N–H and O–H groups in total. The Kier molecular flexibility index (Phi) is 11.9. The van der Waals surface area contributed by atoms with Gasteiger partial charge in [0.05, 0.1) is 28.6 Å². The minimum absolute atomic E-state index is 0. The average Bonchev–Trinajstić information content (AvgIpc) is 2.30. The summed E-state index contributed by atoms with van der Waals surface area (Å²) in [6, 6.07) is -0.746. The summed E-state index contributed by atoms with van der Waals surface area (Å²) in [5.74, 6) is -0.683. The first-order valence-electron chi connectivity index (χ1n) is 5.58. The van der Waals surface area contributed by atoms with Crippen LogP contribution in [-0.2, 0) is 10.1 Å². The fourth-order valence-electron chi connectivity index (χ4n) is 1.37. The monoisotopic (exact) mass is 325 g/mol. The zero-order chi connectivity index (χ0) is 15.2. The van der Waals surface area contributed by atoms with Gasteiger partial charge >= 0.3 is 29.6 Å². The van der Waals surface area contributed by atoms with E-state index >= 15 is 0 Å². The van der Waals surface area contributed by atoms with Crippen molar-refractivity contribution < 1.29 is 68.1 Å². The fourth-order valence-corrected chi connectivity index (χ4v) is 2.10. The van der Waals surface area contributed by atoms with Crippen LogP contribution in [-0.4, -0.2) is 87.9 Å². The van der Waals surface area contributed by atoms with Gasteiger partial charge in [0.25, 0.3) is 0 Å². The van der Waals surface area contributed by atoms with Crippen LogP contribution in [0.1, 0.15) is 6.92 Å². The van der Waals surface area contributed by atoms with Crippen LogP contribution < -0.4 is 34.9 Å². The van der Waals surface area contributed by atoms with Crippen molar-refractivity contribution in [3.8, 4) is 0 Å². The van der Waals surface area contributed by atoms with E-state index in [9.17, 15) is 28.3 Å². The third kappa shape index (κ3) is 9.58. The molecule has 0 aromatic carbocycles. The zero-order valence-corrected chi connectivity index (χ0v) is 14.2. The van der Waals surface area contributed by atoms with E-state index < -0.39 is 52.9 Å². The molecule has 0 fully saturated rings. The van der Waals surface area contributed by atoms with Crippen LogP contribution in [0.4, 0.5) is 0 Å². The van der Waals surface area contributed by atoms with E-state index in [4.69, 9.17) is 10.2 Å². The Morgan fingerprint density at radius 2 is 1.55 bits per heavy atom. The van der Waals surface area contributed by atoms with Crippen molar-refractivity contribution in [1.29, 1.82) is 0 Å². The Bertz CT molecular complexity index is 354. The molecule has 0 bridgehead atoms. The molecule has 0 radical (unpaired) electrons. The van der Waals surface area contributed by atoms with E-state index in [1.54, 1.807) is 0 Å². The molecule has 20 heavy (non-hydrogen) atoms. The summed E-state index contributed by atoms with van der Waals surface area (Å²) in [6.07, 6.45) is -6.59. The molecule has 0 spiro atoms.